The summed E-state index contributed by atoms with van der Waals surface area (Å²) in [6.07, 6.45) is 0.616. The largest absolute Gasteiger partial charge is 0.358 e. The van der Waals surface area contributed by atoms with E-state index in [0.717, 1.165) is 33.0 Å². The van der Waals surface area contributed by atoms with E-state index in [1.807, 2.05) is 38.1 Å². The Kier molecular flexibility index (Phi) is 4.42. The number of aromatic nitrogens is 1. The molecule has 2 atom stereocenters. The number of carbonyl (C=O) groups is 1. The van der Waals surface area contributed by atoms with Crippen LogP contribution in [0.1, 0.15) is 46.4 Å². The zero-order valence-electron chi connectivity index (χ0n) is 17.3. The minimum atomic E-state index is -0.718. The van der Waals surface area contributed by atoms with Crippen LogP contribution >= 0.6 is 22.9 Å². The Bertz CT molecular complexity index is 1210. The molecular formula is C23H22ClN3O2S. The quantitative estimate of drug-likeness (QED) is 0.611. The van der Waals surface area contributed by atoms with E-state index >= 15 is 0 Å². The SMILES string of the molecule is CCNC(=O)C1CC12N=C(c1ccc(Cl)cc1)c1c(sc(C)c1C)-c1c(C)noc12. The van der Waals surface area contributed by atoms with Gasteiger partial charge in [-0.15, -0.1) is 11.3 Å². The van der Waals surface area contributed by atoms with Crippen LogP contribution in [-0.2, 0) is 10.3 Å². The molecule has 0 radical (unpaired) electrons. The Morgan fingerprint density at radius 3 is 2.70 bits per heavy atom. The molecule has 5 rings (SSSR count). The molecule has 1 saturated carbocycles. The third-order valence-electron chi connectivity index (χ3n) is 6.13. The lowest BCUT2D eigenvalue weighted by atomic mass is 9.96. The second-order valence-electron chi connectivity index (χ2n) is 8.00. The second kappa shape index (κ2) is 6.79. The van der Waals surface area contributed by atoms with Crippen molar-refractivity contribution in [2.24, 2.45) is 10.9 Å². The van der Waals surface area contributed by atoms with Crippen molar-refractivity contribution in [2.75, 3.05) is 6.54 Å². The van der Waals surface area contributed by atoms with Gasteiger partial charge >= 0.3 is 0 Å². The molecular weight excluding hydrogens is 418 g/mol. The Labute approximate surface area is 184 Å². The molecule has 1 fully saturated rings. The summed E-state index contributed by atoms with van der Waals surface area (Å²) in [7, 11) is 0. The van der Waals surface area contributed by atoms with E-state index in [2.05, 4.69) is 24.3 Å². The van der Waals surface area contributed by atoms with Crippen molar-refractivity contribution in [1.82, 2.24) is 10.5 Å². The first-order valence-corrected chi connectivity index (χ1v) is 11.3. The number of nitrogens with one attached hydrogen (secondary N) is 1. The maximum absolute atomic E-state index is 12.8. The number of benzene rings is 1. The highest BCUT2D eigenvalue weighted by atomic mass is 35.5. The molecule has 2 aromatic heterocycles. The fraction of sp³-hybridized carbons (Fsp3) is 0.348. The summed E-state index contributed by atoms with van der Waals surface area (Å²) < 4.78 is 5.86. The summed E-state index contributed by atoms with van der Waals surface area (Å²) in [5, 5.41) is 7.91. The molecule has 3 heterocycles. The van der Waals surface area contributed by atoms with Crippen LogP contribution in [0.2, 0.25) is 5.02 Å². The van der Waals surface area contributed by atoms with E-state index in [0.29, 0.717) is 23.7 Å². The summed E-state index contributed by atoms with van der Waals surface area (Å²) in [6, 6.07) is 7.74. The zero-order chi connectivity index (χ0) is 21.2. The Morgan fingerprint density at radius 1 is 1.27 bits per heavy atom. The van der Waals surface area contributed by atoms with Gasteiger partial charge < -0.3 is 9.84 Å². The molecule has 1 N–H and O–H groups in total. The molecule has 1 spiro atoms. The fourth-order valence-electron chi connectivity index (χ4n) is 4.38. The molecule has 1 amide bonds. The maximum atomic E-state index is 12.8. The lowest BCUT2D eigenvalue weighted by Gasteiger charge is -2.13. The van der Waals surface area contributed by atoms with Gasteiger partial charge in [0.15, 0.2) is 5.76 Å². The van der Waals surface area contributed by atoms with Crippen molar-refractivity contribution >= 4 is 34.6 Å². The highest BCUT2D eigenvalue weighted by Gasteiger charge is 2.64. The third kappa shape index (κ3) is 2.70. The Balaban J connectivity index is 1.80. The molecule has 154 valence electrons. The molecule has 7 heteroatoms. The number of hydrogen-bond acceptors (Lipinski definition) is 5. The smallest absolute Gasteiger partial charge is 0.226 e. The molecule has 1 aromatic carbocycles. The van der Waals surface area contributed by atoms with E-state index in [4.69, 9.17) is 21.1 Å². The van der Waals surface area contributed by atoms with Gasteiger partial charge in [0.1, 0.15) is 5.54 Å². The van der Waals surface area contributed by atoms with Crippen LogP contribution in [0, 0.1) is 26.7 Å². The average Bonchev–Trinajstić information content (AvgIpc) is 3.24. The Morgan fingerprint density at radius 2 is 2.00 bits per heavy atom. The third-order valence-corrected chi connectivity index (χ3v) is 7.61. The summed E-state index contributed by atoms with van der Waals surface area (Å²) in [5.74, 6) is 0.457. The van der Waals surface area contributed by atoms with Crippen molar-refractivity contribution < 1.29 is 9.32 Å². The molecule has 30 heavy (non-hydrogen) atoms. The first kappa shape index (κ1) is 19.5. The lowest BCUT2D eigenvalue weighted by molar-refractivity contribution is -0.122. The number of fused-ring (bicyclic) bond motifs is 4. The number of thiophene rings is 1. The van der Waals surface area contributed by atoms with E-state index in [1.165, 1.54) is 10.4 Å². The first-order chi connectivity index (χ1) is 14.4. The number of aryl methyl sites for hydroxylation is 2. The molecule has 2 unspecified atom stereocenters. The van der Waals surface area contributed by atoms with Crippen LogP contribution in [0.25, 0.3) is 10.4 Å². The highest BCUT2D eigenvalue weighted by Crippen LogP contribution is 2.61. The predicted molar refractivity (Wildman–Crippen MR) is 120 cm³/mol. The van der Waals surface area contributed by atoms with Crippen molar-refractivity contribution in [2.45, 2.75) is 39.7 Å². The van der Waals surface area contributed by atoms with Crippen LogP contribution in [-0.4, -0.2) is 23.3 Å². The van der Waals surface area contributed by atoms with Crippen LogP contribution in [0.5, 0.6) is 0 Å². The second-order valence-corrected chi connectivity index (χ2v) is 9.66. The summed E-state index contributed by atoms with van der Waals surface area (Å²) in [5.41, 5.74) is 5.28. The number of nitrogens with zero attached hydrogens (tertiary/aromatic N) is 2. The first-order valence-electron chi connectivity index (χ1n) is 10.1. The lowest BCUT2D eigenvalue weighted by Crippen LogP contribution is -2.28. The van der Waals surface area contributed by atoms with Gasteiger partial charge in [-0.05, 0) is 51.8 Å². The molecule has 0 bridgehead atoms. The van der Waals surface area contributed by atoms with E-state index in [9.17, 15) is 4.79 Å². The normalized spacial score (nSPS) is 21.6. The molecule has 1 aliphatic carbocycles. The molecule has 0 saturated heterocycles. The average molecular weight is 440 g/mol. The van der Waals surface area contributed by atoms with Crippen LogP contribution in [0.15, 0.2) is 33.8 Å². The molecule has 2 aliphatic rings. The van der Waals surface area contributed by atoms with Crippen molar-refractivity contribution in [3.05, 3.63) is 62.3 Å². The standard InChI is InChI=1S/C23H22ClN3O2S/c1-5-25-22(28)16-10-23(16)21-18(12(3)27-29-21)20-17(11(2)13(4)30-20)19(26-23)14-6-8-15(24)9-7-14/h6-9,16H,5,10H2,1-4H3,(H,25,28). The topological polar surface area (TPSA) is 67.5 Å². The Hall–Kier alpha value is -2.44. The predicted octanol–water partition coefficient (Wildman–Crippen LogP) is 5.18. The van der Waals surface area contributed by atoms with Gasteiger partial charge in [0, 0.05) is 32.4 Å². The van der Waals surface area contributed by atoms with Gasteiger partial charge in [-0.2, -0.15) is 0 Å². The number of hydrogen-bond donors (Lipinski definition) is 1. The number of halogens is 1. The van der Waals surface area contributed by atoms with Crippen molar-refractivity contribution in [3.63, 3.8) is 0 Å². The molecule has 3 aromatic rings. The van der Waals surface area contributed by atoms with Crippen LogP contribution in [0.3, 0.4) is 0 Å². The summed E-state index contributed by atoms with van der Waals surface area (Å²) >= 11 is 7.88. The molecule has 5 nitrogen and oxygen atoms in total. The maximum Gasteiger partial charge on any atom is 0.226 e. The van der Waals surface area contributed by atoms with E-state index in [1.54, 1.807) is 11.3 Å². The zero-order valence-corrected chi connectivity index (χ0v) is 18.9. The number of rotatable bonds is 3. The van der Waals surface area contributed by atoms with Crippen LogP contribution in [0.4, 0.5) is 0 Å². The van der Waals surface area contributed by atoms with Gasteiger partial charge in [0.2, 0.25) is 5.91 Å². The monoisotopic (exact) mass is 439 g/mol. The summed E-state index contributed by atoms with van der Waals surface area (Å²) in [4.78, 5) is 20.4. The summed E-state index contributed by atoms with van der Waals surface area (Å²) in [6.45, 7) is 8.73. The van der Waals surface area contributed by atoms with E-state index < -0.39 is 5.54 Å². The minimum Gasteiger partial charge on any atom is -0.358 e. The van der Waals surface area contributed by atoms with E-state index in [-0.39, 0.29) is 11.8 Å². The minimum absolute atomic E-state index is 0.00914. The number of aliphatic imine (C=N–C) groups is 1. The van der Waals surface area contributed by atoms with Gasteiger partial charge in [-0.1, -0.05) is 28.9 Å². The highest BCUT2D eigenvalue weighted by molar-refractivity contribution is 7.16. The van der Waals surface area contributed by atoms with Gasteiger partial charge in [-0.25, -0.2) is 0 Å². The number of carbonyl (C=O) groups excluding carboxylic acids is 1. The molecule has 1 aliphatic heterocycles. The van der Waals surface area contributed by atoms with Gasteiger partial charge in [-0.3, -0.25) is 9.79 Å². The fourth-order valence-corrected chi connectivity index (χ4v) is 5.76. The van der Waals surface area contributed by atoms with Gasteiger partial charge in [0.25, 0.3) is 0 Å². The van der Waals surface area contributed by atoms with Gasteiger partial charge in [0.05, 0.1) is 22.9 Å². The van der Waals surface area contributed by atoms with Crippen molar-refractivity contribution in [3.8, 4) is 10.4 Å². The van der Waals surface area contributed by atoms with Crippen molar-refractivity contribution in [1.29, 1.82) is 0 Å². The van der Waals surface area contributed by atoms with Crippen LogP contribution < -0.4 is 5.32 Å². The number of amides is 1.